The SMILES string of the molecule is CNC(=O)c1c(-c2ccc(F)cc2)oc2cc(N(CCC(C)(C)O)S(C)(=O)=O)c(-c3ccc(OC)c(-c4nc5c(N)cccc5o4)c3)cc12. The van der Waals surface area contributed by atoms with Crippen LogP contribution in [0.5, 0.6) is 5.75 Å². The zero-order valence-corrected chi connectivity index (χ0v) is 28.3. The van der Waals surface area contributed by atoms with Crippen LogP contribution in [-0.2, 0) is 10.0 Å². The molecule has 0 fully saturated rings. The molecule has 11 nitrogen and oxygen atoms in total. The molecule has 0 saturated heterocycles. The van der Waals surface area contributed by atoms with Crippen LogP contribution in [0.3, 0.4) is 0 Å². The van der Waals surface area contributed by atoms with Gasteiger partial charge >= 0.3 is 0 Å². The Bertz CT molecular complexity index is 2320. The number of carbonyl (C=O) groups excluding carboxylic acids is 1. The number of nitrogens with zero attached hydrogens (tertiary/aromatic N) is 2. The number of hydrogen-bond donors (Lipinski definition) is 3. The quantitative estimate of drug-likeness (QED) is 0.135. The molecule has 0 aliphatic rings. The highest BCUT2D eigenvalue weighted by Crippen LogP contribution is 2.44. The van der Waals surface area contributed by atoms with Crippen LogP contribution >= 0.6 is 0 Å². The standard InChI is InChI=1S/C36H35FN4O7S/c1-36(2,43)15-16-41(49(5,44)45)27-19-30-24(31(34(42)39-3)33(47-30)20-9-12-22(37)13-10-20)18-23(27)21-11-14-28(46-4)25(17-21)35-40-32-26(38)7-6-8-29(32)48-35/h6-14,17-19,43H,15-16,38H2,1-5H3,(H,39,42). The Balaban J connectivity index is 1.66. The minimum Gasteiger partial charge on any atom is -0.496 e. The number of fused-ring (bicyclic) bond motifs is 2. The molecule has 6 rings (SSSR count). The Morgan fingerprint density at radius 2 is 1.73 bits per heavy atom. The third kappa shape index (κ3) is 6.54. The van der Waals surface area contributed by atoms with Gasteiger partial charge in [-0.1, -0.05) is 12.1 Å². The molecule has 254 valence electrons. The molecular formula is C36H35FN4O7S. The molecular weight excluding hydrogens is 651 g/mol. The number of nitrogens with two attached hydrogens (primary N) is 1. The van der Waals surface area contributed by atoms with Gasteiger partial charge in [0.1, 0.15) is 28.4 Å². The second kappa shape index (κ2) is 12.6. The number of methoxy groups -OCH3 is 1. The lowest BCUT2D eigenvalue weighted by Crippen LogP contribution is -2.35. The third-order valence-corrected chi connectivity index (χ3v) is 9.33. The van der Waals surface area contributed by atoms with Crippen molar-refractivity contribution >= 4 is 49.4 Å². The van der Waals surface area contributed by atoms with E-state index in [9.17, 15) is 22.7 Å². The largest absolute Gasteiger partial charge is 0.496 e. The molecule has 2 heterocycles. The molecule has 1 amide bonds. The number of oxazole rings is 1. The van der Waals surface area contributed by atoms with E-state index in [4.69, 9.17) is 19.3 Å². The Labute approximate surface area is 282 Å². The van der Waals surface area contributed by atoms with Crippen molar-refractivity contribution in [3.63, 3.8) is 0 Å². The molecule has 6 aromatic rings. The molecule has 0 aliphatic carbocycles. The number of rotatable bonds is 10. The second-order valence-electron chi connectivity index (χ2n) is 12.3. The van der Waals surface area contributed by atoms with E-state index in [1.54, 1.807) is 62.4 Å². The van der Waals surface area contributed by atoms with Crippen molar-refractivity contribution < 1.29 is 36.3 Å². The van der Waals surface area contributed by atoms with Crippen LogP contribution < -0.4 is 20.1 Å². The van der Waals surface area contributed by atoms with Gasteiger partial charge in [0.15, 0.2) is 5.58 Å². The maximum Gasteiger partial charge on any atom is 0.255 e. The van der Waals surface area contributed by atoms with E-state index in [2.05, 4.69) is 10.3 Å². The maximum absolute atomic E-state index is 13.9. The molecule has 4 aromatic carbocycles. The molecule has 4 N–H and O–H groups in total. The summed E-state index contributed by atoms with van der Waals surface area (Å²) in [5, 5.41) is 13.6. The lowest BCUT2D eigenvalue weighted by molar-refractivity contribution is 0.0740. The fourth-order valence-corrected chi connectivity index (χ4v) is 6.62. The number of furan rings is 1. The van der Waals surface area contributed by atoms with Crippen LogP contribution in [0.2, 0.25) is 0 Å². The number of aliphatic hydroxyl groups is 1. The average Bonchev–Trinajstić information content (AvgIpc) is 3.65. The number of ether oxygens (including phenoxy) is 1. The summed E-state index contributed by atoms with van der Waals surface area (Å²) in [4.78, 5) is 18.0. The van der Waals surface area contributed by atoms with Gasteiger partial charge in [0.25, 0.3) is 5.91 Å². The number of nitrogen functional groups attached to an aromatic ring is 1. The predicted octanol–water partition coefficient (Wildman–Crippen LogP) is 6.59. The molecule has 0 aliphatic heterocycles. The lowest BCUT2D eigenvalue weighted by atomic mass is 9.96. The number of nitrogens with one attached hydrogen (secondary N) is 1. The van der Waals surface area contributed by atoms with E-state index in [1.165, 1.54) is 42.7 Å². The number of amides is 1. The van der Waals surface area contributed by atoms with Crippen LogP contribution in [0.25, 0.3) is 56.0 Å². The molecule has 0 spiro atoms. The summed E-state index contributed by atoms with van der Waals surface area (Å²) in [5.74, 6) is -0.0771. The van der Waals surface area contributed by atoms with Gasteiger partial charge in [-0.3, -0.25) is 9.10 Å². The van der Waals surface area contributed by atoms with E-state index < -0.39 is 27.3 Å². The molecule has 0 radical (unpaired) electrons. The molecule has 0 bridgehead atoms. The van der Waals surface area contributed by atoms with Crippen LogP contribution in [0.1, 0.15) is 30.6 Å². The summed E-state index contributed by atoms with van der Waals surface area (Å²) in [5.41, 5.74) is 8.87. The lowest BCUT2D eigenvalue weighted by Gasteiger charge is -2.28. The first-order chi connectivity index (χ1) is 23.2. The fourth-order valence-electron chi connectivity index (χ4n) is 5.69. The molecule has 0 atom stereocenters. The first-order valence-corrected chi connectivity index (χ1v) is 17.2. The number of benzene rings is 4. The average molecular weight is 687 g/mol. The van der Waals surface area contributed by atoms with Gasteiger partial charge in [0, 0.05) is 36.2 Å². The van der Waals surface area contributed by atoms with Gasteiger partial charge in [-0.15, -0.1) is 0 Å². The van der Waals surface area contributed by atoms with E-state index in [-0.39, 0.29) is 41.5 Å². The Morgan fingerprint density at radius 1 is 1.02 bits per heavy atom. The van der Waals surface area contributed by atoms with Crippen molar-refractivity contribution in [2.45, 2.75) is 25.9 Å². The van der Waals surface area contributed by atoms with E-state index >= 15 is 0 Å². The first-order valence-electron chi connectivity index (χ1n) is 15.3. The van der Waals surface area contributed by atoms with Gasteiger partial charge in [0.05, 0.1) is 41.5 Å². The third-order valence-electron chi connectivity index (χ3n) is 8.15. The van der Waals surface area contributed by atoms with Crippen LogP contribution in [-0.4, -0.2) is 57.0 Å². The van der Waals surface area contributed by atoms with E-state index in [1.807, 2.05) is 0 Å². The minimum absolute atomic E-state index is 0.0674. The number of para-hydroxylation sites is 1. The highest BCUT2D eigenvalue weighted by molar-refractivity contribution is 7.92. The number of sulfonamides is 1. The van der Waals surface area contributed by atoms with Crippen molar-refractivity contribution in [3.8, 4) is 39.7 Å². The van der Waals surface area contributed by atoms with E-state index in [0.717, 1.165) is 6.26 Å². The fraction of sp³-hybridized carbons (Fsp3) is 0.222. The van der Waals surface area contributed by atoms with Gasteiger partial charge < -0.3 is 29.7 Å². The van der Waals surface area contributed by atoms with Gasteiger partial charge in [-0.05, 0) is 80.4 Å². The number of halogens is 1. The molecule has 49 heavy (non-hydrogen) atoms. The number of hydrogen-bond acceptors (Lipinski definition) is 9. The molecule has 0 unspecified atom stereocenters. The van der Waals surface area contributed by atoms with Crippen molar-refractivity contribution in [3.05, 3.63) is 84.2 Å². The predicted molar refractivity (Wildman–Crippen MR) is 188 cm³/mol. The first kappa shape index (κ1) is 33.5. The van der Waals surface area contributed by atoms with Gasteiger partial charge in [0.2, 0.25) is 15.9 Å². The number of carbonyl (C=O) groups is 1. The van der Waals surface area contributed by atoms with Crippen LogP contribution in [0, 0.1) is 5.82 Å². The molecule has 0 saturated carbocycles. The maximum atomic E-state index is 13.9. The summed E-state index contributed by atoms with van der Waals surface area (Å²) in [6.07, 6.45) is 1.19. The summed E-state index contributed by atoms with van der Waals surface area (Å²) in [6.45, 7) is 3.12. The summed E-state index contributed by atoms with van der Waals surface area (Å²) < 4.78 is 59.9. The van der Waals surface area contributed by atoms with Crippen molar-refractivity contribution in [2.75, 3.05) is 37.0 Å². The van der Waals surface area contributed by atoms with Crippen LogP contribution in [0.4, 0.5) is 15.8 Å². The summed E-state index contributed by atoms with van der Waals surface area (Å²) >= 11 is 0. The zero-order chi connectivity index (χ0) is 35.2. The Kier molecular flexibility index (Phi) is 8.59. The normalized spacial score (nSPS) is 12.1. The second-order valence-corrected chi connectivity index (χ2v) is 14.2. The summed E-state index contributed by atoms with van der Waals surface area (Å²) in [7, 11) is -0.939. The smallest absolute Gasteiger partial charge is 0.255 e. The minimum atomic E-state index is -3.93. The Hall–Kier alpha value is -5.40. The highest BCUT2D eigenvalue weighted by atomic mass is 32.2. The van der Waals surface area contributed by atoms with Crippen molar-refractivity contribution in [1.29, 1.82) is 0 Å². The van der Waals surface area contributed by atoms with Gasteiger partial charge in [-0.2, -0.15) is 0 Å². The highest BCUT2D eigenvalue weighted by Gasteiger charge is 2.29. The van der Waals surface area contributed by atoms with Crippen molar-refractivity contribution in [1.82, 2.24) is 10.3 Å². The zero-order valence-electron chi connectivity index (χ0n) is 27.5. The van der Waals surface area contributed by atoms with Crippen LogP contribution in [0.15, 0.2) is 81.6 Å². The van der Waals surface area contributed by atoms with Crippen molar-refractivity contribution in [2.24, 2.45) is 0 Å². The van der Waals surface area contributed by atoms with E-state index in [0.29, 0.717) is 50.2 Å². The number of anilines is 2. The van der Waals surface area contributed by atoms with Gasteiger partial charge in [-0.25, -0.2) is 17.8 Å². The number of aromatic nitrogens is 1. The topological polar surface area (TPSA) is 161 Å². The molecule has 2 aromatic heterocycles. The monoisotopic (exact) mass is 686 g/mol. The summed E-state index contributed by atoms with van der Waals surface area (Å²) in [6, 6.07) is 19.2. The Morgan fingerprint density at radius 3 is 2.37 bits per heavy atom. The molecule has 13 heteroatoms.